The first-order chi connectivity index (χ1) is 15.0. The summed E-state index contributed by atoms with van der Waals surface area (Å²) in [5, 5.41) is 4.57. The van der Waals surface area contributed by atoms with Gasteiger partial charge in [0.05, 0.1) is 41.2 Å². The molecule has 0 spiro atoms. The molecular formula is C22H22N2O7. The summed E-state index contributed by atoms with van der Waals surface area (Å²) >= 11 is 0. The fourth-order valence-corrected chi connectivity index (χ4v) is 3.16. The number of ether oxygens (including phenoxy) is 5. The van der Waals surface area contributed by atoms with Gasteiger partial charge in [-0.25, -0.2) is 14.3 Å². The molecule has 1 aromatic heterocycles. The van der Waals surface area contributed by atoms with E-state index in [4.69, 9.17) is 23.7 Å². The number of hydrogen-bond donors (Lipinski definition) is 0. The zero-order valence-electron chi connectivity index (χ0n) is 17.8. The lowest BCUT2D eigenvalue weighted by Gasteiger charge is -2.13. The molecule has 2 aromatic carbocycles. The van der Waals surface area contributed by atoms with Crippen LogP contribution in [0.2, 0.25) is 0 Å². The van der Waals surface area contributed by atoms with Gasteiger partial charge in [-0.05, 0) is 18.2 Å². The highest BCUT2D eigenvalue weighted by Gasteiger charge is 2.33. The Labute approximate surface area is 179 Å². The standard InChI is InChI=1S/C22H22N2O7/c1-27-15-12-17(29-3)16(28-2)11-14(15)19-18(21(25)30-4)20(22(26)31-5)24(23-19)13-9-7-6-8-10-13/h6-12H,1-5H3. The summed E-state index contributed by atoms with van der Waals surface area (Å²) in [6.07, 6.45) is 0. The van der Waals surface area contributed by atoms with Crippen LogP contribution >= 0.6 is 0 Å². The lowest BCUT2D eigenvalue weighted by molar-refractivity contribution is 0.0549. The molecule has 9 nitrogen and oxygen atoms in total. The number of carbonyl (C=O) groups is 2. The van der Waals surface area contributed by atoms with Crippen LogP contribution < -0.4 is 14.2 Å². The Bertz CT molecular complexity index is 1110. The maximum atomic E-state index is 12.8. The van der Waals surface area contributed by atoms with Gasteiger partial charge in [-0.3, -0.25) is 0 Å². The van der Waals surface area contributed by atoms with Gasteiger partial charge in [0.15, 0.2) is 17.2 Å². The van der Waals surface area contributed by atoms with Crippen molar-refractivity contribution in [1.82, 2.24) is 9.78 Å². The van der Waals surface area contributed by atoms with Crippen molar-refractivity contribution >= 4 is 11.9 Å². The number of benzene rings is 2. The summed E-state index contributed by atoms with van der Waals surface area (Å²) in [7, 11) is 6.90. The number of nitrogens with zero attached hydrogens (tertiary/aromatic N) is 2. The number of rotatable bonds is 7. The van der Waals surface area contributed by atoms with E-state index in [0.29, 0.717) is 28.5 Å². The summed E-state index contributed by atoms with van der Waals surface area (Å²) in [6, 6.07) is 12.1. The van der Waals surface area contributed by atoms with Crippen LogP contribution in [-0.4, -0.2) is 57.3 Å². The molecular weight excluding hydrogens is 404 g/mol. The molecule has 0 aliphatic carbocycles. The largest absolute Gasteiger partial charge is 0.496 e. The monoisotopic (exact) mass is 426 g/mol. The molecule has 3 rings (SSSR count). The van der Waals surface area contributed by atoms with Crippen molar-refractivity contribution in [3.63, 3.8) is 0 Å². The lowest BCUT2D eigenvalue weighted by Crippen LogP contribution is -2.15. The first-order valence-corrected chi connectivity index (χ1v) is 9.16. The molecule has 0 atom stereocenters. The van der Waals surface area contributed by atoms with E-state index in [2.05, 4.69) is 5.10 Å². The quantitative estimate of drug-likeness (QED) is 0.532. The summed E-state index contributed by atoms with van der Waals surface area (Å²) in [5.74, 6) is -0.324. The van der Waals surface area contributed by atoms with Crippen LogP contribution in [0.1, 0.15) is 20.8 Å². The van der Waals surface area contributed by atoms with Gasteiger partial charge >= 0.3 is 11.9 Å². The number of carbonyl (C=O) groups excluding carboxylic acids is 2. The Morgan fingerprint density at radius 2 is 1.35 bits per heavy atom. The van der Waals surface area contributed by atoms with Crippen LogP contribution in [0.4, 0.5) is 0 Å². The first-order valence-electron chi connectivity index (χ1n) is 9.16. The Morgan fingerprint density at radius 1 is 0.774 bits per heavy atom. The fourth-order valence-electron chi connectivity index (χ4n) is 3.16. The highest BCUT2D eigenvalue weighted by molar-refractivity contribution is 6.07. The molecule has 0 saturated heterocycles. The number of aromatic nitrogens is 2. The molecule has 0 aliphatic heterocycles. The van der Waals surface area contributed by atoms with Crippen molar-refractivity contribution in [2.24, 2.45) is 0 Å². The summed E-state index contributed by atoms with van der Waals surface area (Å²) in [4.78, 5) is 25.5. The summed E-state index contributed by atoms with van der Waals surface area (Å²) < 4.78 is 27.5. The van der Waals surface area contributed by atoms with Crippen molar-refractivity contribution in [1.29, 1.82) is 0 Å². The second-order valence-corrected chi connectivity index (χ2v) is 6.21. The topological polar surface area (TPSA) is 98.1 Å². The van der Waals surface area contributed by atoms with Crippen molar-refractivity contribution in [3.05, 3.63) is 53.7 Å². The number of esters is 2. The van der Waals surface area contributed by atoms with E-state index in [1.165, 1.54) is 40.2 Å². The molecule has 0 amide bonds. The maximum absolute atomic E-state index is 12.8. The fraction of sp³-hybridized carbons (Fsp3) is 0.227. The average molecular weight is 426 g/mol. The van der Waals surface area contributed by atoms with Crippen molar-refractivity contribution in [2.45, 2.75) is 0 Å². The highest BCUT2D eigenvalue weighted by Crippen LogP contribution is 2.41. The molecule has 3 aromatic rings. The third-order valence-electron chi connectivity index (χ3n) is 4.62. The van der Waals surface area contributed by atoms with Crippen LogP contribution in [0.25, 0.3) is 16.9 Å². The first kappa shape index (κ1) is 21.7. The van der Waals surface area contributed by atoms with Gasteiger partial charge in [0.25, 0.3) is 0 Å². The lowest BCUT2D eigenvalue weighted by atomic mass is 10.0. The number of methoxy groups -OCH3 is 5. The summed E-state index contributed by atoms with van der Waals surface area (Å²) in [6.45, 7) is 0. The second-order valence-electron chi connectivity index (χ2n) is 6.21. The van der Waals surface area contributed by atoms with Gasteiger partial charge in [-0.1, -0.05) is 18.2 Å². The van der Waals surface area contributed by atoms with Crippen LogP contribution in [-0.2, 0) is 9.47 Å². The normalized spacial score (nSPS) is 10.4. The third-order valence-corrected chi connectivity index (χ3v) is 4.62. The minimum Gasteiger partial charge on any atom is -0.496 e. The zero-order chi connectivity index (χ0) is 22.5. The van der Waals surface area contributed by atoms with Gasteiger partial charge in [0.2, 0.25) is 0 Å². The minimum atomic E-state index is -0.755. The highest BCUT2D eigenvalue weighted by atomic mass is 16.5. The Balaban J connectivity index is 2.42. The molecule has 162 valence electrons. The average Bonchev–Trinajstić information content (AvgIpc) is 3.23. The minimum absolute atomic E-state index is 0.0660. The van der Waals surface area contributed by atoms with E-state index >= 15 is 0 Å². The molecule has 0 fully saturated rings. The van der Waals surface area contributed by atoms with Gasteiger partial charge in [-0.2, -0.15) is 5.10 Å². The van der Waals surface area contributed by atoms with E-state index in [-0.39, 0.29) is 17.0 Å². The van der Waals surface area contributed by atoms with Gasteiger partial charge < -0.3 is 23.7 Å². The van der Waals surface area contributed by atoms with E-state index in [1.54, 1.807) is 36.4 Å². The second kappa shape index (κ2) is 9.21. The number of hydrogen-bond acceptors (Lipinski definition) is 8. The molecule has 0 aliphatic rings. The molecule has 0 unspecified atom stereocenters. The van der Waals surface area contributed by atoms with Crippen LogP contribution in [0.3, 0.4) is 0 Å². The molecule has 0 saturated carbocycles. The van der Waals surface area contributed by atoms with Crippen LogP contribution in [0.5, 0.6) is 17.2 Å². The van der Waals surface area contributed by atoms with E-state index in [1.807, 2.05) is 6.07 Å². The molecule has 1 heterocycles. The molecule has 0 N–H and O–H groups in total. The van der Waals surface area contributed by atoms with E-state index < -0.39 is 11.9 Å². The van der Waals surface area contributed by atoms with Gasteiger partial charge in [-0.15, -0.1) is 0 Å². The van der Waals surface area contributed by atoms with Crippen molar-refractivity contribution in [2.75, 3.05) is 35.5 Å². The van der Waals surface area contributed by atoms with Crippen molar-refractivity contribution in [3.8, 4) is 34.2 Å². The predicted molar refractivity (Wildman–Crippen MR) is 111 cm³/mol. The van der Waals surface area contributed by atoms with E-state index in [0.717, 1.165) is 0 Å². The predicted octanol–water partition coefficient (Wildman–Crippen LogP) is 3.14. The molecule has 31 heavy (non-hydrogen) atoms. The molecule has 0 bridgehead atoms. The Kier molecular flexibility index (Phi) is 6.44. The Hall–Kier alpha value is -4.01. The Morgan fingerprint density at radius 3 is 1.90 bits per heavy atom. The SMILES string of the molecule is COC(=O)c1c(-c2cc(OC)c(OC)cc2OC)nn(-c2ccccc2)c1C(=O)OC. The third kappa shape index (κ3) is 3.89. The molecule has 0 radical (unpaired) electrons. The van der Waals surface area contributed by atoms with Crippen LogP contribution in [0.15, 0.2) is 42.5 Å². The smallest absolute Gasteiger partial charge is 0.357 e. The zero-order valence-corrected chi connectivity index (χ0v) is 17.8. The van der Waals surface area contributed by atoms with Crippen LogP contribution in [0, 0.1) is 0 Å². The number of para-hydroxylation sites is 1. The summed E-state index contributed by atoms with van der Waals surface area (Å²) in [5.41, 5.74) is 0.976. The van der Waals surface area contributed by atoms with Gasteiger partial charge in [0, 0.05) is 11.6 Å². The van der Waals surface area contributed by atoms with Gasteiger partial charge in [0.1, 0.15) is 17.0 Å². The maximum Gasteiger partial charge on any atom is 0.357 e. The molecule has 9 heteroatoms. The van der Waals surface area contributed by atoms with Crippen molar-refractivity contribution < 1.29 is 33.3 Å². The van der Waals surface area contributed by atoms with E-state index in [9.17, 15) is 9.59 Å².